The Morgan fingerprint density at radius 2 is 2.11 bits per heavy atom. The molecule has 3 aromatic rings. The van der Waals surface area contributed by atoms with E-state index in [2.05, 4.69) is 22.1 Å². The summed E-state index contributed by atoms with van der Waals surface area (Å²) in [6.45, 7) is 0. The van der Waals surface area contributed by atoms with Crippen LogP contribution in [0.5, 0.6) is 0 Å². The maximum Gasteiger partial charge on any atom is 0.101 e. The Morgan fingerprint density at radius 3 is 3.00 bits per heavy atom. The fraction of sp³-hybridized carbons (Fsp3) is 0. The maximum absolute atomic E-state index is 8.87. The number of hydrogen-bond acceptors (Lipinski definition) is 3. The predicted octanol–water partition coefficient (Wildman–Crippen LogP) is 2.97. The first-order chi connectivity index (χ1) is 8.86. The van der Waals surface area contributed by atoms with E-state index < -0.39 is 0 Å². The van der Waals surface area contributed by atoms with Gasteiger partial charge in [-0.3, -0.25) is 4.98 Å². The fourth-order valence-corrected chi connectivity index (χ4v) is 1.81. The molecule has 0 N–H and O–H groups in total. The average molecular weight is 230 g/mol. The van der Waals surface area contributed by atoms with Crippen molar-refractivity contribution in [1.29, 1.82) is 5.26 Å². The fourth-order valence-electron chi connectivity index (χ4n) is 1.81. The number of fused-ring (bicyclic) bond motifs is 1. The number of nitriles is 1. The van der Waals surface area contributed by atoms with Crippen LogP contribution in [0.1, 0.15) is 5.56 Å². The molecule has 0 aliphatic heterocycles. The van der Waals surface area contributed by atoms with Crippen molar-refractivity contribution in [2.45, 2.75) is 0 Å². The lowest BCUT2D eigenvalue weighted by Gasteiger charge is -2.02. The largest absolute Gasteiger partial charge is 0.263 e. The molecule has 83 valence electrons. The highest BCUT2D eigenvalue weighted by atomic mass is 14.7. The van der Waals surface area contributed by atoms with Crippen LogP contribution in [-0.2, 0) is 0 Å². The molecule has 3 rings (SSSR count). The molecule has 3 heteroatoms. The monoisotopic (exact) mass is 230 g/mol. The highest BCUT2D eigenvalue weighted by molar-refractivity contribution is 5.81. The van der Waals surface area contributed by atoms with Gasteiger partial charge in [0.05, 0.1) is 16.8 Å². The van der Waals surface area contributed by atoms with Gasteiger partial charge in [0.2, 0.25) is 0 Å². The standard InChI is InChI=1S/C15H8N3/c16-8-11-7-13(10-17-9-11)15-6-5-12-3-1-2-4-14(12)18-15/h2-7,9-10H. The van der Waals surface area contributed by atoms with Crippen LogP contribution in [0.2, 0.25) is 0 Å². The molecule has 0 amide bonds. The van der Waals surface area contributed by atoms with E-state index in [0.29, 0.717) is 5.56 Å². The van der Waals surface area contributed by atoms with Gasteiger partial charge in [-0.25, -0.2) is 4.98 Å². The van der Waals surface area contributed by atoms with Crippen LogP contribution >= 0.6 is 0 Å². The third-order valence-corrected chi connectivity index (χ3v) is 2.70. The van der Waals surface area contributed by atoms with E-state index in [4.69, 9.17) is 5.26 Å². The molecule has 0 atom stereocenters. The summed E-state index contributed by atoms with van der Waals surface area (Å²) in [5.74, 6) is 0. The van der Waals surface area contributed by atoms with Gasteiger partial charge in [-0.2, -0.15) is 5.26 Å². The summed E-state index contributed by atoms with van der Waals surface area (Å²) in [7, 11) is 0. The molecule has 1 aromatic carbocycles. The lowest BCUT2D eigenvalue weighted by molar-refractivity contribution is 1.28. The second kappa shape index (κ2) is 4.27. The molecule has 2 heterocycles. The van der Waals surface area contributed by atoms with Gasteiger partial charge in [0.25, 0.3) is 0 Å². The van der Waals surface area contributed by atoms with Gasteiger partial charge in [0, 0.05) is 23.3 Å². The SMILES string of the molecule is N#Cc1cncc(-c2ccc3c[c]ccc3n2)c1. The van der Waals surface area contributed by atoms with Crippen LogP contribution in [0.3, 0.4) is 0 Å². The highest BCUT2D eigenvalue weighted by Gasteiger charge is 2.02. The Balaban J connectivity index is 2.16. The lowest BCUT2D eigenvalue weighted by Crippen LogP contribution is -1.87. The Hall–Kier alpha value is -2.73. The topological polar surface area (TPSA) is 49.6 Å². The number of pyridine rings is 2. The van der Waals surface area contributed by atoms with Crippen LogP contribution < -0.4 is 0 Å². The summed E-state index contributed by atoms with van der Waals surface area (Å²) in [5, 5.41) is 9.91. The Kier molecular flexibility index (Phi) is 2.47. The van der Waals surface area contributed by atoms with Crippen molar-refractivity contribution in [2.24, 2.45) is 0 Å². The molecule has 0 bridgehead atoms. The summed E-state index contributed by atoms with van der Waals surface area (Å²) < 4.78 is 0. The third-order valence-electron chi connectivity index (χ3n) is 2.70. The van der Waals surface area contributed by atoms with Gasteiger partial charge in [0.1, 0.15) is 6.07 Å². The van der Waals surface area contributed by atoms with Crippen LogP contribution in [0.4, 0.5) is 0 Å². The Labute approximate surface area is 104 Å². The first-order valence-corrected chi connectivity index (χ1v) is 5.49. The van der Waals surface area contributed by atoms with Crippen LogP contribution in [0, 0.1) is 17.4 Å². The number of aromatic nitrogens is 2. The highest BCUT2D eigenvalue weighted by Crippen LogP contribution is 2.20. The normalized spacial score (nSPS) is 10.2. The predicted molar refractivity (Wildman–Crippen MR) is 68.5 cm³/mol. The first kappa shape index (κ1) is 10.4. The number of rotatable bonds is 1. The van der Waals surface area contributed by atoms with Crippen LogP contribution in [0.15, 0.2) is 48.8 Å². The van der Waals surface area contributed by atoms with E-state index in [1.54, 1.807) is 18.5 Å². The number of hydrogen-bond donors (Lipinski definition) is 0. The van der Waals surface area contributed by atoms with Gasteiger partial charge in [-0.1, -0.05) is 12.1 Å². The molecule has 0 saturated carbocycles. The molecule has 0 saturated heterocycles. The zero-order chi connectivity index (χ0) is 12.4. The zero-order valence-corrected chi connectivity index (χ0v) is 9.46. The maximum atomic E-state index is 8.87. The third kappa shape index (κ3) is 1.80. The summed E-state index contributed by atoms with van der Waals surface area (Å²) in [6, 6.07) is 16.5. The van der Waals surface area contributed by atoms with E-state index in [-0.39, 0.29) is 0 Å². The molecule has 0 aliphatic rings. The van der Waals surface area contributed by atoms with Crippen molar-refractivity contribution in [3.63, 3.8) is 0 Å². The van der Waals surface area contributed by atoms with Gasteiger partial charge < -0.3 is 0 Å². The zero-order valence-electron chi connectivity index (χ0n) is 9.46. The van der Waals surface area contributed by atoms with Gasteiger partial charge in [0.15, 0.2) is 0 Å². The minimum absolute atomic E-state index is 0.538. The Morgan fingerprint density at radius 1 is 1.17 bits per heavy atom. The molecular formula is C15H8N3. The van der Waals surface area contributed by atoms with Crippen LogP contribution in [-0.4, -0.2) is 9.97 Å². The molecule has 0 unspecified atom stereocenters. The van der Waals surface area contributed by atoms with Crippen LogP contribution in [0.25, 0.3) is 22.2 Å². The molecule has 3 nitrogen and oxygen atoms in total. The molecule has 0 spiro atoms. The molecular weight excluding hydrogens is 222 g/mol. The molecule has 2 aromatic heterocycles. The Bertz CT molecular complexity index is 757. The van der Waals surface area contributed by atoms with E-state index in [9.17, 15) is 0 Å². The van der Waals surface area contributed by atoms with Crippen molar-refractivity contribution in [2.75, 3.05) is 0 Å². The summed E-state index contributed by atoms with van der Waals surface area (Å²) in [5.41, 5.74) is 3.12. The minimum atomic E-state index is 0.538. The van der Waals surface area contributed by atoms with Gasteiger partial charge >= 0.3 is 0 Å². The number of benzene rings is 1. The van der Waals surface area contributed by atoms with Gasteiger partial charge in [-0.05, 0) is 30.3 Å². The summed E-state index contributed by atoms with van der Waals surface area (Å²) in [4.78, 5) is 8.59. The molecule has 1 radical (unpaired) electrons. The second-order valence-corrected chi connectivity index (χ2v) is 3.89. The molecule has 0 aliphatic carbocycles. The quantitative estimate of drug-likeness (QED) is 0.645. The second-order valence-electron chi connectivity index (χ2n) is 3.89. The molecule has 18 heavy (non-hydrogen) atoms. The van der Waals surface area contributed by atoms with E-state index >= 15 is 0 Å². The van der Waals surface area contributed by atoms with Gasteiger partial charge in [-0.15, -0.1) is 0 Å². The van der Waals surface area contributed by atoms with E-state index in [0.717, 1.165) is 22.2 Å². The average Bonchev–Trinajstić information content (AvgIpc) is 2.47. The minimum Gasteiger partial charge on any atom is -0.263 e. The first-order valence-electron chi connectivity index (χ1n) is 5.49. The lowest BCUT2D eigenvalue weighted by atomic mass is 10.1. The van der Waals surface area contributed by atoms with Crippen molar-refractivity contribution < 1.29 is 0 Å². The van der Waals surface area contributed by atoms with E-state index in [1.807, 2.05) is 30.3 Å². The summed E-state index contributed by atoms with van der Waals surface area (Å²) in [6.07, 6.45) is 3.25. The van der Waals surface area contributed by atoms with Crippen molar-refractivity contribution in [1.82, 2.24) is 9.97 Å². The molecule has 0 fully saturated rings. The smallest absolute Gasteiger partial charge is 0.101 e. The number of nitrogens with zero attached hydrogens (tertiary/aromatic N) is 3. The van der Waals surface area contributed by atoms with Crippen molar-refractivity contribution in [3.8, 4) is 17.3 Å². The summed E-state index contributed by atoms with van der Waals surface area (Å²) >= 11 is 0. The van der Waals surface area contributed by atoms with Crippen molar-refractivity contribution >= 4 is 10.9 Å². The van der Waals surface area contributed by atoms with E-state index in [1.165, 1.54) is 0 Å². The van der Waals surface area contributed by atoms with Crippen molar-refractivity contribution in [3.05, 3.63) is 60.4 Å².